The Hall–Kier alpha value is -3.13. The van der Waals surface area contributed by atoms with Crippen LogP contribution in [0.1, 0.15) is 42.7 Å². The number of piperidine rings is 2. The first-order chi connectivity index (χ1) is 17.3. The zero-order valence-electron chi connectivity index (χ0n) is 20.4. The van der Waals surface area contributed by atoms with E-state index in [4.69, 9.17) is 4.74 Å². The minimum atomic E-state index is -1.54. The zero-order chi connectivity index (χ0) is 25.7. The second-order valence-corrected chi connectivity index (χ2v) is 9.52. The van der Waals surface area contributed by atoms with Crippen molar-refractivity contribution in [2.75, 3.05) is 39.8 Å². The van der Waals surface area contributed by atoms with Crippen molar-refractivity contribution in [1.82, 2.24) is 9.80 Å². The van der Waals surface area contributed by atoms with Gasteiger partial charge in [0.1, 0.15) is 11.5 Å². The largest absolute Gasteiger partial charge is 0.497 e. The third kappa shape index (κ3) is 6.35. The van der Waals surface area contributed by atoms with Crippen LogP contribution >= 0.6 is 0 Å². The van der Waals surface area contributed by atoms with Crippen molar-refractivity contribution < 1.29 is 27.5 Å². The molecule has 2 heterocycles. The van der Waals surface area contributed by atoms with E-state index in [-0.39, 0.29) is 23.2 Å². The van der Waals surface area contributed by atoms with Gasteiger partial charge in [0, 0.05) is 25.1 Å². The van der Waals surface area contributed by atoms with Crippen molar-refractivity contribution in [3.8, 4) is 5.75 Å². The molecule has 0 aromatic heterocycles. The molecule has 1 amide bonds. The molecule has 0 atom stereocenters. The van der Waals surface area contributed by atoms with E-state index in [0.29, 0.717) is 38.4 Å². The fourth-order valence-corrected chi connectivity index (χ4v) is 5.02. The standard InChI is InChI=1S/C28H31F3N2O3/c1-36-23-5-3-20(4-6-23)21-8-12-32(13-9-21)18-26(34)22-10-14-33(15-11-22)27(35)7-2-19-16-24(29)28(31)25(30)17-19/h2-7,16-17,21-22H,8-15,18H2,1H3/b7-2+. The van der Waals surface area contributed by atoms with E-state index in [9.17, 15) is 22.8 Å². The van der Waals surface area contributed by atoms with E-state index >= 15 is 0 Å². The molecule has 2 aliphatic heterocycles. The second-order valence-electron chi connectivity index (χ2n) is 9.52. The Morgan fingerprint density at radius 3 is 2.14 bits per heavy atom. The molecule has 0 N–H and O–H groups in total. The lowest BCUT2D eigenvalue weighted by molar-refractivity contribution is -0.131. The highest BCUT2D eigenvalue weighted by Crippen LogP contribution is 2.29. The molecule has 0 saturated carbocycles. The summed E-state index contributed by atoms with van der Waals surface area (Å²) in [5.41, 5.74) is 1.38. The summed E-state index contributed by atoms with van der Waals surface area (Å²) in [5.74, 6) is -2.94. The first-order valence-corrected chi connectivity index (χ1v) is 12.3. The molecule has 0 spiro atoms. The maximum atomic E-state index is 13.3. The Morgan fingerprint density at radius 1 is 0.944 bits per heavy atom. The number of nitrogens with zero attached hydrogens (tertiary/aromatic N) is 2. The highest BCUT2D eigenvalue weighted by Gasteiger charge is 2.29. The van der Waals surface area contributed by atoms with Gasteiger partial charge in [0.25, 0.3) is 0 Å². The molecular formula is C28H31F3N2O3. The van der Waals surface area contributed by atoms with Crippen molar-refractivity contribution in [2.24, 2.45) is 5.92 Å². The average molecular weight is 501 g/mol. The number of ketones is 1. The van der Waals surface area contributed by atoms with Gasteiger partial charge in [-0.1, -0.05) is 12.1 Å². The van der Waals surface area contributed by atoms with E-state index in [0.717, 1.165) is 43.8 Å². The highest BCUT2D eigenvalue weighted by molar-refractivity contribution is 5.92. The molecule has 0 radical (unpaired) electrons. The lowest BCUT2D eigenvalue weighted by Gasteiger charge is -2.34. The van der Waals surface area contributed by atoms with Crippen LogP contribution in [0, 0.1) is 23.4 Å². The number of carbonyl (C=O) groups is 2. The van der Waals surface area contributed by atoms with Crippen LogP contribution in [0.15, 0.2) is 42.5 Å². The van der Waals surface area contributed by atoms with E-state index in [1.165, 1.54) is 17.7 Å². The van der Waals surface area contributed by atoms with Gasteiger partial charge in [-0.3, -0.25) is 14.5 Å². The molecule has 4 rings (SSSR count). The van der Waals surface area contributed by atoms with Gasteiger partial charge in [0.2, 0.25) is 5.91 Å². The summed E-state index contributed by atoms with van der Waals surface area (Å²) in [6.07, 6.45) is 5.71. The van der Waals surface area contributed by atoms with Crippen LogP contribution in [0.2, 0.25) is 0 Å². The van der Waals surface area contributed by atoms with Crippen LogP contribution in [0.25, 0.3) is 6.08 Å². The number of methoxy groups -OCH3 is 1. The molecule has 2 aliphatic rings. The van der Waals surface area contributed by atoms with E-state index < -0.39 is 17.5 Å². The fourth-order valence-electron chi connectivity index (χ4n) is 5.02. The Morgan fingerprint density at radius 2 is 1.56 bits per heavy atom. The van der Waals surface area contributed by atoms with Gasteiger partial charge < -0.3 is 9.64 Å². The molecule has 0 aliphatic carbocycles. The Labute approximate surface area is 209 Å². The SMILES string of the molecule is COc1ccc(C2CCN(CC(=O)C3CCN(C(=O)/C=C/c4cc(F)c(F)c(F)c4)CC3)CC2)cc1. The third-order valence-corrected chi connectivity index (χ3v) is 7.24. The molecule has 2 aromatic rings. The van der Waals surface area contributed by atoms with E-state index in [1.807, 2.05) is 12.1 Å². The quantitative estimate of drug-likeness (QED) is 0.404. The molecule has 2 saturated heterocycles. The monoisotopic (exact) mass is 500 g/mol. The van der Waals surface area contributed by atoms with Gasteiger partial charge in [-0.05, 0) is 86.2 Å². The molecule has 5 nitrogen and oxygen atoms in total. The van der Waals surface area contributed by atoms with Crippen LogP contribution in [0.3, 0.4) is 0 Å². The predicted molar refractivity (Wildman–Crippen MR) is 131 cm³/mol. The molecule has 0 bridgehead atoms. The minimum Gasteiger partial charge on any atom is -0.497 e. The lowest BCUT2D eigenvalue weighted by Crippen LogP contribution is -2.43. The summed E-state index contributed by atoms with van der Waals surface area (Å²) in [7, 11) is 1.66. The number of benzene rings is 2. The molecule has 2 aromatic carbocycles. The number of hydrogen-bond acceptors (Lipinski definition) is 4. The first kappa shape index (κ1) is 25.9. The Kier molecular flexibility index (Phi) is 8.46. The summed E-state index contributed by atoms with van der Waals surface area (Å²) < 4.78 is 45.0. The zero-order valence-corrected chi connectivity index (χ0v) is 20.4. The van der Waals surface area contributed by atoms with Crippen molar-refractivity contribution in [3.05, 3.63) is 71.1 Å². The van der Waals surface area contributed by atoms with Crippen molar-refractivity contribution in [2.45, 2.75) is 31.6 Å². The Balaban J connectivity index is 1.20. The number of hydrogen-bond donors (Lipinski definition) is 0. The van der Waals surface area contributed by atoms with Gasteiger partial charge >= 0.3 is 0 Å². The van der Waals surface area contributed by atoms with Gasteiger partial charge in [-0.15, -0.1) is 0 Å². The number of likely N-dealkylation sites (tertiary alicyclic amines) is 2. The summed E-state index contributed by atoms with van der Waals surface area (Å²) in [6, 6.07) is 9.89. The predicted octanol–water partition coefficient (Wildman–Crippen LogP) is 4.81. The van der Waals surface area contributed by atoms with Crippen molar-refractivity contribution in [3.63, 3.8) is 0 Å². The normalized spacial score (nSPS) is 18.1. The van der Waals surface area contributed by atoms with E-state index in [1.54, 1.807) is 12.0 Å². The van der Waals surface area contributed by atoms with Crippen molar-refractivity contribution >= 4 is 17.8 Å². The lowest BCUT2D eigenvalue weighted by atomic mass is 9.88. The van der Waals surface area contributed by atoms with E-state index in [2.05, 4.69) is 17.0 Å². The Bertz CT molecular complexity index is 1080. The summed E-state index contributed by atoms with van der Waals surface area (Å²) in [6.45, 7) is 3.11. The molecule has 0 unspecified atom stereocenters. The number of amides is 1. The number of halogens is 3. The van der Waals surface area contributed by atoms with Crippen LogP contribution in [0.5, 0.6) is 5.75 Å². The van der Waals surface area contributed by atoms with Crippen LogP contribution in [-0.4, -0.2) is 61.3 Å². The minimum absolute atomic E-state index is 0.0700. The second kappa shape index (κ2) is 11.7. The number of Topliss-reactive ketones (excluding diaryl/α,β-unsaturated/α-hetero) is 1. The van der Waals surface area contributed by atoms with Gasteiger partial charge in [-0.2, -0.15) is 0 Å². The fraction of sp³-hybridized carbons (Fsp3) is 0.429. The molecule has 2 fully saturated rings. The third-order valence-electron chi connectivity index (χ3n) is 7.24. The maximum Gasteiger partial charge on any atom is 0.246 e. The first-order valence-electron chi connectivity index (χ1n) is 12.3. The number of rotatable bonds is 7. The molecule has 8 heteroatoms. The smallest absolute Gasteiger partial charge is 0.246 e. The van der Waals surface area contributed by atoms with Gasteiger partial charge in [-0.25, -0.2) is 13.2 Å². The number of carbonyl (C=O) groups excluding carboxylic acids is 2. The maximum absolute atomic E-state index is 13.3. The highest BCUT2D eigenvalue weighted by atomic mass is 19.2. The van der Waals surface area contributed by atoms with Gasteiger partial charge in [0.15, 0.2) is 17.5 Å². The summed E-state index contributed by atoms with van der Waals surface area (Å²) in [5, 5.41) is 0. The van der Waals surface area contributed by atoms with Crippen LogP contribution in [0.4, 0.5) is 13.2 Å². The molecule has 36 heavy (non-hydrogen) atoms. The topological polar surface area (TPSA) is 49.9 Å². The summed E-state index contributed by atoms with van der Waals surface area (Å²) in [4.78, 5) is 29.2. The van der Waals surface area contributed by atoms with Gasteiger partial charge in [0.05, 0.1) is 13.7 Å². The van der Waals surface area contributed by atoms with Crippen LogP contribution in [-0.2, 0) is 9.59 Å². The van der Waals surface area contributed by atoms with Crippen molar-refractivity contribution in [1.29, 1.82) is 0 Å². The molecular weight excluding hydrogens is 469 g/mol. The van der Waals surface area contributed by atoms with Crippen LogP contribution < -0.4 is 4.74 Å². The average Bonchev–Trinajstić information content (AvgIpc) is 2.91. The molecule has 192 valence electrons. The summed E-state index contributed by atoms with van der Waals surface area (Å²) >= 11 is 0. The number of ether oxygens (including phenoxy) is 1.